The maximum atomic E-state index is 13.9. The highest BCUT2D eigenvalue weighted by molar-refractivity contribution is 7.15. The molecule has 0 spiro atoms. The summed E-state index contributed by atoms with van der Waals surface area (Å²) in [7, 11) is 0. The van der Waals surface area contributed by atoms with Crippen molar-refractivity contribution in [2.24, 2.45) is 0 Å². The molecule has 3 fully saturated rings. The first-order valence-electron chi connectivity index (χ1n) is 15.4. The van der Waals surface area contributed by atoms with E-state index in [-0.39, 0.29) is 49.6 Å². The molecule has 2 N–H and O–H groups in total. The number of anilines is 4. The summed E-state index contributed by atoms with van der Waals surface area (Å²) in [6.07, 6.45) is 9.40. The standard InChI is InChI=1S/C29H31F3N12O2S2/c1-28(30)12-43(13-28)20-10-33-8-18(35-20)6-22(45)37-26-41-39-24(47-26)16-3-2-4-17(5-16)25-40-42-27(48-25)38-23(46)7-19-9-34-11-21(36-19)44-14-29(31,32)15-44/h8-11,16-17H,2-7,12-15H2,1H3,(H,37,41,45)(H,38,42,46)/t16-,17-/m0/s1. The number of amides is 2. The lowest BCUT2D eigenvalue weighted by Crippen LogP contribution is -2.57. The smallest absolute Gasteiger partial charge is 0.282 e. The molecule has 0 aromatic carbocycles. The van der Waals surface area contributed by atoms with Crippen LogP contribution in [0.15, 0.2) is 24.8 Å². The van der Waals surface area contributed by atoms with Gasteiger partial charge in [0.25, 0.3) is 5.92 Å². The number of aromatic nitrogens is 8. The van der Waals surface area contributed by atoms with E-state index >= 15 is 0 Å². The first-order valence-corrected chi connectivity index (χ1v) is 17.1. The normalized spacial score (nSPS) is 21.2. The molecule has 2 aliphatic heterocycles. The average Bonchev–Trinajstić information content (AvgIpc) is 3.69. The van der Waals surface area contributed by atoms with Gasteiger partial charge in [0.15, 0.2) is 0 Å². The van der Waals surface area contributed by atoms with Gasteiger partial charge in [0, 0.05) is 24.2 Å². The molecule has 1 aliphatic carbocycles. The molecule has 0 bridgehead atoms. The maximum Gasteiger partial charge on any atom is 0.282 e. The van der Waals surface area contributed by atoms with Gasteiger partial charge >= 0.3 is 0 Å². The molecule has 2 saturated heterocycles. The van der Waals surface area contributed by atoms with Gasteiger partial charge in [-0.05, 0) is 26.2 Å². The van der Waals surface area contributed by atoms with E-state index in [1.807, 2.05) is 0 Å². The molecule has 3 aliphatic rings. The highest BCUT2D eigenvalue weighted by Gasteiger charge is 2.44. The highest BCUT2D eigenvalue weighted by atomic mass is 32.1. The highest BCUT2D eigenvalue weighted by Crippen LogP contribution is 2.43. The second-order valence-electron chi connectivity index (χ2n) is 12.6. The third kappa shape index (κ3) is 7.51. The van der Waals surface area contributed by atoms with Gasteiger partial charge in [-0.2, -0.15) is 0 Å². The number of halogens is 3. The Kier molecular flexibility index (Phi) is 8.65. The third-order valence-electron chi connectivity index (χ3n) is 8.31. The van der Waals surface area contributed by atoms with E-state index < -0.39 is 24.7 Å². The summed E-state index contributed by atoms with van der Waals surface area (Å²) in [4.78, 5) is 45.6. The molecule has 19 heteroatoms. The second-order valence-corrected chi connectivity index (χ2v) is 14.6. The van der Waals surface area contributed by atoms with E-state index in [0.29, 0.717) is 33.3 Å². The Morgan fingerprint density at radius 1 is 0.771 bits per heavy atom. The molecular weight excluding hydrogens is 670 g/mol. The van der Waals surface area contributed by atoms with Crippen molar-refractivity contribution in [1.82, 2.24) is 40.3 Å². The maximum absolute atomic E-state index is 13.9. The fraction of sp³-hybridized carbons (Fsp3) is 0.517. The van der Waals surface area contributed by atoms with Crippen molar-refractivity contribution in [2.75, 3.05) is 46.6 Å². The molecular formula is C29H31F3N12O2S2. The molecule has 2 amide bonds. The van der Waals surface area contributed by atoms with Gasteiger partial charge in [-0.1, -0.05) is 29.1 Å². The van der Waals surface area contributed by atoms with E-state index in [2.05, 4.69) is 51.0 Å². The number of alkyl halides is 3. The lowest BCUT2D eigenvalue weighted by Gasteiger charge is -2.42. The van der Waals surface area contributed by atoms with E-state index in [1.54, 1.807) is 18.0 Å². The monoisotopic (exact) mass is 700 g/mol. The SMILES string of the molecule is CC1(F)CN(c2cncc(CC(=O)Nc3nnc([C@H]4CCC[C@H](c5nnc(NC(=O)Cc6cncc(N7CC(F)(F)C7)n6)s5)C4)s3)n2)C1. The van der Waals surface area contributed by atoms with Crippen molar-refractivity contribution in [1.29, 1.82) is 0 Å². The Hall–Kier alpha value is -4.39. The summed E-state index contributed by atoms with van der Waals surface area (Å²) in [6.45, 7) is 1.19. The van der Waals surface area contributed by atoms with Crippen molar-refractivity contribution < 1.29 is 22.8 Å². The first-order chi connectivity index (χ1) is 23.0. The minimum absolute atomic E-state index is 0.00219. The van der Waals surface area contributed by atoms with Crippen LogP contribution in [0.5, 0.6) is 0 Å². The van der Waals surface area contributed by atoms with Gasteiger partial charge in [0.2, 0.25) is 22.1 Å². The van der Waals surface area contributed by atoms with Crippen LogP contribution in [-0.4, -0.2) is 89.9 Å². The molecule has 252 valence electrons. The number of hydrogen-bond acceptors (Lipinski definition) is 14. The van der Waals surface area contributed by atoms with Gasteiger partial charge in [0.1, 0.15) is 27.3 Å². The number of rotatable bonds is 10. The molecule has 6 heterocycles. The topological polar surface area (TPSA) is 168 Å². The minimum Gasteiger partial charge on any atom is -0.349 e. The van der Waals surface area contributed by atoms with E-state index in [4.69, 9.17) is 0 Å². The molecule has 7 rings (SSSR count). The van der Waals surface area contributed by atoms with Crippen molar-refractivity contribution in [2.45, 2.75) is 68.9 Å². The summed E-state index contributed by atoms with van der Waals surface area (Å²) in [6, 6.07) is 0. The minimum atomic E-state index is -2.73. The Bertz CT molecular complexity index is 1680. The summed E-state index contributed by atoms with van der Waals surface area (Å²) >= 11 is 2.65. The van der Waals surface area contributed by atoms with Gasteiger partial charge in [-0.3, -0.25) is 19.6 Å². The second kappa shape index (κ2) is 12.9. The van der Waals surface area contributed by atoms with Crippen LogP contribution in [0.4, 0.5) is 35.1 Å². The van der Waals surface area contributed by atoms with Gasteiger partial charge < -0.3 is 20.4 Å². The lowest BCUT2D eigenvalue weighted by molar-refractivity contribution is -0.116. The lowest BCUT2D eigenvalue weighted by atomic mass is 9.82. The summed E-state index contributed by atoms with van der Waals surface area (Å²) < 4.78 is 40.4. The molecule has 1 saturated carbocycles. The average molecular weight is 701 g/mol. The van der Waals surface area contributed by atoms with E-state index in [0.717, 1.165) is 35.7 Å². The molecule has 48 heavy (non-hydrogen) atoms. The van der Waals surface area contributed by atoms with Crippen LogP contribution in [0.3, 0.4) is 0 Å². The molecule has 0 radical (unpaired) electrons. The van der Waals surface area contributed by atoms with Crippen LogP contribution < -0.4 is 20.4 Å². The molecule has 0 unspecified atom stereocenters. The number of nitrogens with zero attached hydrogens (tertiary/aromatic N) is 10. The third-order valence-corrected chi connectivity index (χ3v) is 10.3. The summed E-state index contributed by atoms with van der Waals surface area (Å²) in [5, 5.41) is 25.0. The number of carbonyl (C=O) groups excluding carboxylic acids is 2. The van der Waals surface area contributed by atoms with Crippen molar-refractivity contribution >= 4 is 56.4 Å². The zero-order valence-electron chi connectivity index (χ0n) is 25.8. The molecule has 2 atom stereocenters. The number of carbonyl (C=O) groups is 2. The van der Waals surface area contributed by atoms with Gasteiger partial charge in [0.05, 0.1) is 62.8 Å². The van der Waals surface area contributed by atoms with Crippen molar-refractivity contribution in [3.63, 3.8) is 0 Å². The Balaban J connectivity index is 0.899. The fourth-order valence-corrected chi connectivity index (χ4v) is 7.86. The number of nitrogens with one attached hydrogen (secondary N) is 2. The van der Waals surface area contributed by atoms with Crippen LogP contribution in [0.2, 0.25) is 0 Å². The first kappa shape index (κ1) is 32.2. The van der Waals surface area contributed by atoms with Gasteiger partial charge in [-0.15, -0.1) is 20.4 Å². The van der Waals surface area contributed by atoms with Crippen LogP contribution in [-0.2, 0) is 22.4 Å². The zero-order valence-corrected chi connectivity index (χ0v) is 27.4. The number of hydrogen-bond donors (Lipinski definition) is 2. The quantitative estimate of drug-likeness (QED) is 0.246. The summed E-state index contributed by atoms with van der Waals surface area (Å²) in [5.41, 5.74) is -0.399. The molecule has 4 aromatic rings. The van der Waals surface area contributed by atoms with Crippen molar-refractivity contribution in [3.05, 3.63) is 46.2 Å². The summed E-state index contributed by atoms with van der Waals surface area (Å²) in [5.74, 6) is -2.28. The Morgan fingerprint density at radius 3 is 1.71 bits per heavy atom. The van der Waals surface area contributed by atoms with Crippen molar-refractivity contribution in [3.8, 4) is 0 Å². The zero-order chi connectivity index (χ0) is 33.5. The molecule has 4 aromatic heterocycles. The van der Waals surface area contributed by atoms with Crippen LogP contribution in [0.25, 0.3) is 0 Å². The van der Waals surface area contributed by atoms with Gasteiger partial charge in [-0.25, -0.2) is 23.1 Å². The largest absolute Gasteiger partial charge is 0.349 e. The Labute approximate surface area is 280 Å². The van der Waals surface area contributed by atoms with E-state index in [1.165, 1.54) is 46.2 Å². The fourth-order valence-electron chi connectivity index (χ4n) is 6.04. The molecule has 14 nitrogen and oxygen atoms in total. The Morgan fingerprint density at radius 2 is 1.25 bits per heavy atom. The van der Waals surface area contributed by atoms with Crippen LogP contribution >= 0.6 is 22.7 Å². The van der Waals surface area contributed by atoms with E-state index in [9.17, 15) is 22.8 Å². The predicted molar refractivity (Wildman–Crippen MR) is 171 cm³/mol. The van der Waals surface area contributed by atoms with Crippen LogP contribution in [0.1, 0.15) is 65.8 Å². The van der Waals surface area contributed by atoms with Crippen LogP contribution in [0, 0.1) is 0 Å². The predicted octanol–water partition coefficient (Wildman–Crippen LogP) is 3.78.